The van der Waals surface area contributed by atoms with Gasteiger partial charge in [-0.05, 0) is 52.5 Å². The van der Waals surface area contributed by atoms with Crippen molar-refractivity contribution in [2.75, 3.05) is 5.06 Å². The molecule has 0 heterocycles. The largest absolute Gasteiger partial charge is 0.489 e. The molecule has 2 aromatic rings. The molecule has 0 saturated carbocycles. The van der Waals surface area contributed by atoms with Crippen LogP contribution in [0.3, 0.4) is 0 Å². The summed E-state index contributed by atoms with van der Waals surface area (Å²) in [5, 5.41) is 10.9. The third-order valence-electron chi connectivity index (χ3n) is 3.85. The third kappa shape index (κ3) is 4.16. The topological polar surface area (TPSA) is 49.8 Å². The Balaban J connectivity index is 2.24. The van der Waals surface area contributed by atoms with Crippen molar-refractivity contribution < 1.29 is 14.7 Å². The summed E-state index contributed by atoms with van der Waals surface area (Å²) in [6.45, 7) is 6.09. The van der Waals surface area contributed by atoms with Crippen molar-refractivity contribution in [1.29, 1.82) is 0 Å². The summed E-state index contributed by atoms with van der Waals surface area (Å²) in [5.74, 6) is 0.427. The zero-order chi connectivity index (χ0) is 17.7. The first kappa shape index (κ1) is 18.5. The van der Waals surface area contributed by atoms with Crippen LogP contribution < -0.4 is 9.80 Å². The van der Waals surface area contributed by atoms with Gasteiger partial charge in [-0.2, -0.15) is 5.06 Å². The molecule has 0 atom stereocenters. The molecule has 0 saturated heterocycles. The van der Waals surface area contributed by atoms with E-state index in [1.54, 1.807) is 13.0 Å². The normalized spacial score (nSPS) is 10.5. The number of hydrogen-bond donors (Lipinski definition) is 1. The van der Waals surface area contributed by atoms with Crippen molar-refractivity contribution in [3.8, 4) is 5.75 Å². The highest BCUT2D eigenvalue weighted by Gasteiger charge is 2.18. The number of benzene rings is 2. The maximum atomic E-state index is 11.8. The minimum absolute atomic E-state index is 0.218. The Morgan fingerprint density at radius 1 is 1.25 bits per heavy atom. The molecule has 1 N–H and O–H groups in total. The van der Waals surface area contributed by atoms with Crippen molar-refractivity contribution in [2.24, 2.45) is 0 Å². The molecule has 0 unspecified atom stereocenters. The van der Waals surface area contributed by atoms with Gasteiger partial charge in [-0.25, -0.2) is 0 Å². The van der Waals surface area contributed by atoms with E-state index in [2.05, 4.69) is 28.9 Å². The molecule has 4 nitrogen and oxygen atoms in total. The van der Waals surface area contributed by atoms with Gasteiger partial charge in [-0.15, -0.1) is 0 Å². The second kappa shape index (κ2) is 8.31. The van der Waals surface area contributed by atoms with Crippen molar-refractivity contribution in [3.05, 3.63) is 57.6 Å². The smallest absolute Gasteiger partial charge is 0.250 e. The maximum Gasteiger partial charge on any atom is 0.250 e. The molecule has 128 valence electrons. The minimum atomic E-state index is -0.369. The van der Waals surface area contributed by atoms with Crippen LogP contribution in [0.5, 0.6) is 5.75 Å². The Morgan fingerprint density at radius 2 is 2.00 bits per heavy atom. The van der Waals surface area contributed by atoms with Crippen molar-refractivity contribution in [2.45, 2.75) is 40.2 Å². The van der Waals surface area contributed by atoms with Gasteiger partial charge in [0.05, 0.1) is 5.69 Å². The quantitative estimate of drug-likeness (QED) is 0.554. The van der Waals surface area contributed by atoms with Crippen LogP contribution in [-0.4, -0.2) is 11.1 Å². The number of halogens is 1. The van der Waals surface area contributed by atoms with E-state index in [4.69, 9.17) is 4.74 Å². The Kier molecular flexibility index (Phi) is 6.40. The van der Waals surface area contributed by atoms with Gasteiger partial charge in [0.15, 0.2) is 0 Å². The molecule has 0 spiro atoms. The minimum Gasteiger partial charge on any atom is -0.489 e. The van der Waals surface area contributed by atoms with Crippen molar-refractivity contribution in [3.63, 3.8) is 0 Å². The molecule has 0 bridgehead atoms. The fourth-order valence-corrected chi connectivity index (χ4v) is 3.01. The Morgan fingerprint density at radius 3 is 2.62 bits per heavy atom. The summed E-state index contributed by atoms with van der Waals surface area (Å²) < 4.78 is 6.56. The van der Waals surface area contributed by atoms with Crippen LogP contribution in [0, 0.1) is 6.92 Å². The summed E-state index contributed by atoms with van der Waals surface area (Å²) in [7, 11) is 0. The van der Waals surface area contributed by atoms with Crippen LogP contribution >= 0.6 is 15.9 Å². The molecule has 0 aromatic heterocycles. The maximum absolute atomic E-state index is 11.8. The number of amides is 1. The average Bonchev–Trinajstić information content (AvgIpc) is 2.59. The molecular weight excluding hydrogens is 370 g/mol. The molecule has 0 aliphatic rings. The van der Waals surface area contributed by atoms with Crippen molar-refractivity contribution >= 4 is 27.5 Å². The number of para-hydroxylation sites is 1. The van der Waals surface area contributed by atoms with Gasteiger partial charge >= 0.3 is 0 Å². The summed E-state index contributed by atoms with van der Waals surface area (Å²) >= 11 is 3.40. The summed E-state index contributed by atoms with van der Waals surface area (Å²) in [5.41, 5.74) is 3.48. The lowest BCUT2D eigenvalue weighted by molar-refractivity contribution is -0.123. The highest BCUT2D eigenvalue weighted by molar-refractivity contribution is 9.10. The van der Waals surface area contributed by atoms with Crippen LogP contribution in [0.4, 0.5) is 5.69 Å². The van der Waals surface area contributed by atoms with E-state index < -0.39 is 0 Å². The molecule has 0 aliphatic heterocycles. The van der Waals surface area contributed by atoms with E-state index in [1.165, 1.54) is 5.56 Å². The van der Waals surface area contributed by atoms with Gasteiger partial charge in [-0.1, -0.05) is 38.1 Å². The van der Waals surface area contributed by atoms with E-state index >= 15 is 0 Å². The molecule has 5 heteroatoms. The number of nitrogens with zero attached hydrogens (tertiary/aromatic N) is 1. The van der Waals surface area contributed by atoms with Gasteiger partial charge < -0.3 is 4.74 Å². The van der Waals surface area contributed by atoms with Crippen LogP contribution in [0.2, 0.25) is 0 Å². The standard InChI is InChI=1S/C19H22BrNO3/c1-4-14-9-10-17(13(3)11-14)24-12-15-7-6-8-16(20)19(15)21(23)18(22)5-2/h6-11,23H,4-5,12H2,1-3H3. The number of hydrogen-bond acceptors (Lipinski definition) is 3. The second-order valence-corrected chi connectivity index (χ2v) is 6.40. The van der Waals surface area contributed by atoms with Gasteiger partial charge in [0, 0.05) is 16.5 Å². The van der Waals surface area contributed by atoms with Crippen LogP contribution in [0.15, 0.2) is 40.9 Å². The molecule has 1 amide bonds. The number of ether oxygens (including phenoxy) is 1. The summed E-state index contributed by atoms with van der Waals surface area (Å²) in [6.07, 6.45) is 1.20. The first-order valence-electron chi connectivity index (χ1n) is 7.99. The lowest BCUT2D eigenvalue weighted by Crippen LogP contribution is -2.27. The lowest BCUT2D eigenvalue weighted by Gasteiger charge is -2.20. The molecule has 24 heavy (non-hydrogen) atoms. The predicted octanol–water partition coefficient (Wildman–Crippen LogP) is 5.03. The number of rotatable bonds is 6. The van der Waals surface area contributed by atoms with Gasteiger partial charge in [0.1, 0.15) is 12.4 Å². The summed E-state index contributed by atoms with van der Waals surface area (Å²) in [4.78, 5) is 11.8. The Labute approximate surface area is 151 Å². The summed E-state index contributed by atoms with van der Waals surface area (Å²) in [6, 6.07) is 11.6. The lowest BCUT2D eigenvalue weighted by atomic mass is 10.1. The Bertz CT molecular complexity index is 731. The van der Waals surface area contributed by atoms with Crippen molar-refractivity contribution in [1.82, 2.24) is 0 Å². The van der Waals surface area contributed by atoms with E-state index in [0.29, 0.717) is 15.2 Å². The van der Waals surface area contributed by atoms with E-state index in [9.17, 15) is 10.0 Å². The zero-order valence-corrected chi connectivity index (χ0v) is 15.8. The van der Waals surface area contributed by atoms with Crippen LogP contribution in [-0.2, 0) is 17.8 Å². The number of carbonyl (C=O) groups excluding carboxylic acids is 1. The fourth-order valence-electron chi connectivity index (χ4n) is 2.44. The molecular formula is C19H22BrNO3. The molecule has 0 fully saturated rings. The molecule has 2 rings (SSSR count). The number of carbonyl (C=O) groups is 1. The van der Waals surface area contributed by atoms with E-state index in [0.717, 1.165) is 23.3 Å². The monoisotopic (exact) mass is 391 g/mol. The van der Waals surface area contributed by atoms with Gasteiger partial charge in [0.25, 0.3) is 0 Å². The molecule has 0 aliphatic carbocycles. The van der Waals surface area contributed by atoms with Crippen LogP contribution in [0.1, 0.15) is 37.0 Å². The van der Waals surface area contributed by atoms with E-state index in [-0.39, 0.29) is 18.9 Å². The van der Waals surface area contributed by atoms with E-state index in [1.807, 2.05) is 31.2 Å². The van der Waals surface area contributed by atoms with Gasteiger partial charge in [-0.3, -0.25) is 10.0 Å². The number of aryl methyl sites for hydroxylation is 2. The molecule has 0 radical (unpaired) electrons. The first-order valence-corrected chi connectivity index (χ1v) is 8.78. The fraction of sp³-hybridized carbons (Fsp3) is 0.316. The van der Waals surface area contributed by atoms with Gasteiger partial charge in [0.2, 0.25) is 5.91 Å². The number of hydroxylamine groups is 1. The molecule has 2 aromatic carbocycles. The second-order valence-electron chi connectivity index (χ2n) is 5.55. The van der Waals surface area contributed by atoms with Crippen LogP contribution in [0.25, 0.3) is 0 Å². The number of anilines is 1. The Hall–Kier alpha value is -1.85. The first-order chi connectivity index (χ1) is 11.5. The highest BCUT2D eigenvalue weighted by atomic mass is 79.9. The predicted molar refractivity (Wildman–Crippen MR) is 98.6 cm³/mol. The SMILES string of the molecule is CCC(=O)N(O)c1c(Br)cccc1COc1ccc(CC)cc1C. The average molecular weight is 392 g/mol. The zero-order valence-electron chi connectivity index (χ0n) is 14.2. The third-order valence-corrected chi connectivity index (χ3v) is 4.49. The highest BCUT2D eigenvalue weighted by Crippen LogP contribution is 2.31.